The number of likely N-dealkylation sites (tertiary alicyclic amines) is 1. The Kier molecular flexibility index (Phi) is 4.03. The first-order chi connectivity index (χ1) is 12.2. The summed E-state index contributed by atoms with van der Waals surface area (Å²) in [4.78, 5) is 26.9. The van der Waals surface area contributed by atoms with Gasteiger partial charge in [-0.1, -0.05) is 0 Å². The van der Waals surface area contributed by atoms with Gasteiger partial charge in [-0.25, -0.2) is 9.97 Å². The zero-order valence-corrected chi connectivity index (χ0v) is 14.7. The van der Waals surface area contributed by atoms with Crippen molar-refractivity contribution in [1.29, 1.82) is 0 Å². The SMILES string of the molecule is CCn1ccnc1C1CCN(C(=O)c2ccc3nc(C)[nH]c3c2)CC1. The largest absolute Gasteiger partial charge is 0.342 e. The molecule has 0 unspecified atom stereocenters. The molecule has 1 N–H and O–H groups in total. The molecule has 1 aromatic carbocycles. The first-order valence-corrected chi connectivity index (χ1v) is 8.92. The van der Waals surface area contributed by atoms with E-state index in [0.29, 0.717) is 5.92 Å². The Morgan fingerprint density at radius 2 is 2.12 bits per heavy atom. The number of hydrogen-bond acceptors (Lipinski definition) is 3. The molecule has 3 aromatic rings. The predicted octanol–water partition coefficient (Wildman–Crippen LogP) is 3.11. The Morgan fingerprint density at radius 3 is 2.88 bits per heavy atom. The summed E-state index contributed by atoms with van der Waals surface area (Å²) in [7, 11) is 0. The van der Waals surface area contributed by atoms with Gasteiger partial charge in [0, 0.05) is 43.5 Å². The van der Waals surface area contributed by atoms with Gasteiger partial charge in [0.1, 0.15) is 11.6 Å². The number of aromatic nitrogens is 4. The lowest BCUT2D eigenvalue weighted by atomic mass is 9.95. The molecule has 1 amide bonds. The molecular weight excluding hydrogens is 314 g/mol. The van der Waals surface area contributed by atoms with Crippen molar-refractivity contribution in [3.8, 4) is 0 Å². The number of fused-ring (bicyclic) bond motifs is 1. The Balaban J connectivity index is 1.46. The molecule has 0 radical (unpaired) electrons. The van der Waals surface area contributed by atoms with Crippen LogP contribution in [0, 0.1) is 6.92 Å². The second-order valence-electron chi connectivity index (χ2n) is 6.69. The third-order valence-corrected chi connectivity index (χ3v) is 5.08. The van der Waals surface area contributed by atoms with Crippen molar-refractivity contribution in [1.82, 2.24) is 24.4 Å². The number of amides is 1. The first kappa shape index (κ1) is 15.9. The average molecular weight is 337 g/mol. The van der Waals surface area contributed by atoms with E-state index in [-0.39, 0.29) is 5.91 Å². The van der Waals surface area contributed by atoms with Crippen LogP contribution in [0.25, 0.3) is 11.0 Å². The minimum atomic E-state index is 0.103. The third kappa shape index (κ3) is 2.92. The molecule has 2 aromatic heterocycles. The van der Waals surface area contributed by atoms with Crippen molar-refractivity contribution in [2.24, 2.45) is 0 Å². The quantitative estimate of drug-likeness (QED) is 0.798. The topological polar surface area (TPSA) is 66.8 Å². The summed E-state index contributed by atoms with van der Waals surface area (Å²) in [6, 6.07) is 5.70. The van der Waals surface area contributed by atoms with E-state index in [4.69, 9.17) is 0 Å². The van der Waals surface area contributed by atoms with E-state index < -0.39 is 0 Å². The fourth-order valence-corrected chi connectivity index (χ4v) is 3.74. The standard InChI is InChI=1S/C19H23N5O/c1-3-23-11-8-20-18(23)14-6-9-24(10-7-14)19(25)15-4-5-16-17(12-15)22-13(2)21-16/h4-5,8,11-12,14H,3,6-7,9-10H2,1-2H3,(H,21,22). The van der Waals surface area contributed by atoms with E-state index in [2.05, 4.69) is 26.4 Å². The summed E-state index contributed by atoms with van der Waals surface area (Å²) < 4.78 is 2.21. The molecule has 1 fully saturated rings. The van der Waals surface area contributed by atoms with E-state index >= 15 is 0 Å². The van der Waals surface area contributed by atoms with Gasteiger partial charge >= 0.3 is 0 Å². The van der Waals surface area contributed by atoms with Gasteiger partial charge in [-0.3, -0.25) is 4.79 Å². The van der Waals surface area contributed by atoms with Gasteiger partial charge in [-0.05, 0) is 44.9 Å². The number of H-pyrrole nitrogens is 1. The minimum Gasteiger partial charge on any atom is -0.342 e. The maximum Gasteiger partial charge on any atom is 0.253 e. The fourth-order valence-electron chi connectivity index (χ4n) is 3.74. The highest BCUT2D eigenvalue weighted by molar-refractivity contribution is 5.97. The van der Waals surface area contributed by atoms with Gasteiger partial charge in [0.25, 0.3) is 5.91 Å². The van der Waals surface area contributed by atoms with Crippen molar-refractivity contribution < 1.29 is 4.79 Å². The van der Waals surface area contributed by atoms with Crippen LogP contribution in [0.2, 0.25) is 0 Å². The Bertz CT molecular complexity index is 902. The maximum atomic E-state index is 12.8. The van der Waals surface area contributed by atoms with Crippen LogP contribution in [0.15, 0.2) is 30.6 Å². The maximum absolute atomic E-state index is 12.8. The molecule has 0 saturated carbocycles. The van der Waals surface area contributed by atoms with Gasteiger partial charge < -0.3 is 14.5 Å². The number of benzene rings is 1. The molecule has 0 bridgehead atoms. The number of nitrogens with zero attached hydrogens (tertiary/aromatic N) is 4. The van der Waals surface area contributed by atoms with Gasteiger partial charge in [0.05, 0.1) is 11.0 Å². The summed E-state index contributed by atoms with van der Waals surface area (Å²) in [6.07, 6.45) is 5.84. The molecule has 1 aliphatic heterocycles. The second-order valence-corrected chi connectivity index (χ2v) is 6.69. The average Bonchev–Trinajstić information content (AvgIpc) is 3.25. The zero-order valence-electron chi connectivity index (χ0n) is 14.7. The Hall–Kier alpha value is -2.63. The Morgan fingerprint density at radius 1 is 1.32 bits per heavy atom. The Labute approximate surface area is 146 Å². The van der Waals surface area contributed by atoms with E-state index in [1.165, 1.54) is 0 Å². The van der Waals surface area contributed by atoms with Crippen LogP contribution in [0.3, 0.4) is 0 Å². The first-order valence-electron chi connectivity index (χ1n) is 8.92. The number of piperidine rings is 1. The highest BCUT2D eigenvalue weighted by atomic mass is 16.2. The van der Waals surface area contributed by atoms with Crippen molar-refractivity contribution in [3.63, 3.8) is 0 Å². The van der Waals surface area contributed by atoms with E-state index in [1.54, 1.807) is 0 Å². The van der Waals surface area contributed by atoms with Gasteiger partial charge in [-0.2, -0.15) is 0 Å². The van der Waals surface area contributed by atoms with Crippen molar-refractivity contribution in [2.75, 3.05) is 13.1 Å². The lowest BCUT2D eigenvalue weighted by Crippen LogP contribution is -2.38. The predicted molar refractivity (Wildman–Crippen MR) is 96.6 cm³/mol. The smallest absolute Gasteiger partial charge is 0.253 e. The molecule has 0 aliphatic carbocycles. The lowest BCUT2D eigenvalue weighted by Gasteiger charge is -2.32. The fraction of sp³-hybridized carbons (Fsp3) is 0.421. The number of rotatable bonds is 3. The summed E-state index contributed by atoms with van der Waals surface area (Å²) in [5.74, 6) is 2.57. The van der Waals surface area contributed by atoms with Gasteiger partial charge in [0.15, 0.2) is 0 Å². The van der Waals surface area contributed by atoms with Gasteiger partial charge in [-0.15, -0.1) is 0 Å². The summed E-state index contributed by atoms with van der Waals surface area (Å²) >= 11 is 0. The summed E-state index contributed by atoms with van der Waals surface area (Å²) in [5.41, 5.74) is 2.55. The molecule has 4 rings (SSSR count). The van der Waals surface area contributed by atoms with E-state index in [0.717, 1.165) is 60.7 Å². The second kappa shape index (κ2) is 6.35. The normalized spacial score (nSPS) is 15.8. The number of aryl methyl sites for hydroxylation is 2. The number of carbonyl (C=O) groups excluding carboxylic acids is 1. The highest BCUT2D eigenvalue weighted by Crippen LogP contribution is 2.28. The molecule has 6 nitrogen and oxygen atoms in total. The highest BCUT2D eigenvalue weighted by Gasteiger charge is 2.27. The zero-order chi connectivity index (χ0) is 17.4. The lowest BCUT2D eigenvalue weighted by molar-refractivity contribution is 0.0710. The number of hydrogen-bond donors (Lipinski definition) is 1. The van der Waals surface area contributed by atoms with Crippen LogP contribution in [0.4, 0.5) is 0 Å². The molecular formula is C19H23N5O. The number of carbonyl (C=O) groups is 1. The number of nitrogens with one attached hydrogen (secondary N) is 1. The van der Waals surface area contributed by atoms with Crippen molar-refractivity contribution >= 4 is 16.9 Å². The van der Waals surface area contributed by atoms with Crippen LogP contribution >= 0.6 is 0 Å². The minimum absolute atomic E-state index is 0.103. The van der Waals surface area contributed by atoms with Crippen LogP contribution in [-0.4, -0.2) is 43.4 Å². The van der Waals surface area contributed by atoms with Crippen LogP contribution in [-0.2, 0) is 6.54 Å². The van der Waals surface area contributed by atoms with Crippen molar-refractivity contribution in [3.05, 3.63) is 47.8 Å². The number of aromatic amines is 1. The van der Waals surface area contributed by atoms with Crippen LogP contribution < -0.4 is 0 Å². The van der Waals surface area contributed by atoms with E-state index in [1.807, 2.05) is 42.4 Å². The molecule has 130 valence electrons. The summed E-state index contributed by atoms with van der Waals surface area (Å²) in [6.45, 7) is 6.56. The molecule has 6 heteroatoms. The summed E-state index contributed by atoms with van der Waals surface area (Å²) in [5, 5.41) is 0. The molecule has 25 heavy (non-hydrogen) atoms. The third-order valence-electron chi connectivity index (χ3n) is 5.08. The molecule has 0 atom stereocenters. The monoisotopic (exact) mass is 337 g/mol. The van der Waals surface area contributed by atoms with Crippen LogP contribution in [0.5, 0.6) is 0 Å². The molecule has 0 spiro atoms. The molecule has 1 saturated heterocycles. The van der Waals surface area contributed by atoms with Crippen molar-refractivity contribution in [2.45, 2.75) is 39.2 Å². The molecule has 3 heterocycles. The number of imidazole rings is 2. The van der Waals surface area contributed by atoms with Crippen LogP contribution in [0.1, 0.15) is 47.7 Å². The van der Waals surface area contributed by atoms with E-state index in [9.17, 15) is 4.79 Å². The van der Waals surface area contributed by atoms with Gasteiger partial charge in [0.2, 0.25) is 0 Å². The molecule has 1 aliphatic rings.